The first-order valence-corrected chi connectivity index (χ1v) is 5.22. The van der Waals surface area contributed by atoms with Gasteiger partial charge >= 0.3 is 6.18 Å². The summed E-state index contributed by atoms with van der Waals surface area (Å²) < 4.78 is 37.6. The first kappa shape index (κ1) is 13.6. The SMILES string of the molecule is O=C(CCl)c1ccc(Cl)c(C(F)(F)F)c1Cl. The number of carbonyl (C=O) groups is 1. The monoisotopic (exact) mass is 290 g/mol. The van der Waals surface area contributed by atoms with Crippen molar-refractivity contribution in [3.05, 3.63) is 33.3 Å². The Morgan fingerprint density at radius 2 is 1.81 bits per heavy atom. The minimum absolute atomic E-state index is 0.284. The Labute approximate surface area is 104 Å². The normalized spacial score (nSPS) is 11.6. The Balaban J connectivity index is 3.45. The summed E-state index contributed by atoms with van der Waals surface area (Å²) in [5.74, 6) is -1.13. The second-order valence-corrected chi connectivity index (χ2v) is 3.89. The average Bonchev–Trinajstić information content (AvgIpc) is 2.14. The van der Waals surface area contributed by atoms with Crippen LogP contribution < -0.4 is 0 Å². The lowest BCUT2D eigenvalue weighted by atomic mass is 10.1. The van der Waals surface area contributed by atoms with Crippen LogP contribution in [-0.4, -0.2) is 11.7 Å². The fourth-order valence-electron chi connectivity index (χ4n) is 1.10. The molecule has 0 aliphatic carbocycles. The molecule has 88 valence electrons. The molecule has 0 bridgehead atoms. The standard InChI is InChI=1S/C9H4Cl3F3O/c10-3-6(16)4-1-2-5(11)7(8(4)12)9(13,14)15/h1-2H,3H2. The van der Waals surface area contributed by atoms with E-state index in [9.17, 15) is 18.0 Å². The lowest BCUT2D eigenvalue weighted by molar-refractivity contribution is -0.137. The Morgan fingerprint density at radius 3 is 2.25 bits per heavy atom. The van der Waals surface area contributed by atoms with E-state index in [4.69, 9.17) is 34.8 Å². The van der Waals surface area contributed by atoms with Crippen molar-refractivity contribution in [2.24, 2.45) is 0 Å². The molecule has 7 heteroatoms. The van der Waals surface area contributed by atoms with Crippen LogP contribution in [0.1, 0.15) is 15.9 Å². The fourth-order valence-corrected chi connectivity index (χ4v) is 1.93. The highest BCUT2D eigenvalue weighted by Crippen LogP contribution is 2.41. The Morgan fingerprint density at radius 1 is 1.25 bits per heavy atom. The Kier molecular flexibility index (Phi) is 4.10. The van der Waals surface area contributed by atoms with Gasteiger partial charge in [0.2, 0.25) is 0 Å². The van der Waals surface area contributed by atoms with Crippen molar-refractivity contribution in [3.63, 3.8) is 0 Å². The van der Waals surface area contributed by atoms with Gasteiger partial charge in [-0.05, 0) is 12.1 Å². The number of halogens is 6. The van der Waals surface area contributed by atoms with E-state index in [1.165, 1.54) is 0 Å². The summed E-state index contributed by atoms with van der Waals surface area (Å²) in [4.78, 5) is 11.2. The summed E-state index contributed by atoms with van der Waals surface area (Å²) in [5.41, 5.74) is -1.50. The van der Waals surface area contributed by atoms with Crippen molar-refractivity contribution >= 4 is 40.6 Å². The van der Waals surface area contributed by atoms with E-state index in [0.717, 1.165) is 12.1 Å². The van der Waals surface area contributed by atoms with Gasteiger partial charge in [0.25, 0.3) is 0 Å². The van der Waals surface area contributed by atoms with Crippen molar-refractivity contribution in [1.29, 1.82) is 0 Å². The largest absolute Gasteiger partial charge is 0.419 e. The maximum atomic E-state index is 12.5. The molecule has 1 rings (SSSR count). The summed E-state index contributed by atoms with van der Waals surface area (Å²) in [6, 6.07) is 2.08. The molecule has 0 heterocycles. The van der Waals surface area contributed by atoms with Gasteiger partial charge in [0.05, 0.1) is 21.5 Å². The van der Waals surface area contributed by atoms with Crippen LogP contribution in [0.2, 0.25) is 10.0 Å². The molecular weight excluding hydrogens is 287 g/mol. The maximum Gasteiger partial charge on any atom is 0.419 e. The number of hydrogen-bond donors (Lipinski definition) is 0. The molecule has 0 atom stereocenters. The third-order valence-corrected chi connectivity index (χ3v) is 2.75. The van der Waals surface area contributed by atoms with Crippen LogP contribution in [0.4, 0.5) is 13.2 Å². The first-order chi connectivity index (χ1) is 7.29. The van der Waals surface area contributed by atoms with Gasteiger partial charge in [-0.3, -0.25) is 4.79 Å². The van der Waals surface area contributed by atoms with E-state index in [0.29, 0.717) is 0 Å². The van der Waals surface area contributed by atoms with Crippen LogP contribution in [0.15, 0.2) is 12.1 Å². The number of hydrogen-bond acceptors (Lipinski definition) is 1. The second kappa shape index (κ2) is 4.82. The number of benzene rings is 1. The summed E-state index contributed by atoms with van der Waals surface area (Å²) in [5, 5.41) is -1.27. The predicted octanol–water partition coefficient (Wildman–Crippen LogP) is 4.43. The molecule has 16 heavy (non-hydrogen) atoms. The minimum atomic E-state index is -4.71. The highest BCUT2D eigenvalue weighted by molar-refractivity contribution is 6.40. The molecule has 0 spiro atoms. The van der Waals surface area contributed by atoms with Crippen LogP contribution in [0, 0.1) is 0 Å². The van der Waals surface area contributed by atoms with Gasteiger partial charge in [-0.1, -0.05) is 23.2 Å². The quantitative estimate of drug-likeness (QED) is 0.582. The maximum absolute atomic E-state index is 12.5. The van der Waals surface area contributed by atoms with Crippen LogP contribution in [0.5, 0.6) is 0 Å². The van der Waals surface area contributed by atoms with Crippen molar-refractivity contribution < 1.29 is 18.0 Å². The molecule has 0 unspecified atom stereocenters. The number of Topliss-reactive ketones (excluding diaryl/α,β-unsaturated/α-hetero) is 1. The molecule has 0 aliphatic rings. The van der Waals surface area contributed by atoms with E-state index in [2.05, 4.69) is 0 Å². The highest BCUT2D eigenvalue weighted by atomic mass is 35.5. The summed E-state index contributed by atoms with van der Waals surface area (Å²) in [6.07, 6.45) is -4.71. The number of alkyl halides is 4. The topological polar surface area (TPSA) is 17.1 Å². The smallest absolute Gasteiger partial charge is 0.293 e. The zero-order valence-electron chi connectivity index (χ0n) is 7.54. The summed E-state index contributed by atoms with van der Waals surface area (Å²) >= 11 is 16.1. The molecule has 0 saturated carbocycles. The average molecular weight is 291 g/mol. The highest BCUT2D eigenvalue weighted by Gasteiger charge is 2.37. The Hall–Kier alpha value is -0.450. The summed E-state index contributed by atoms with van der Waals surface area (Å²) in [7, 11) is 0. The molecular formula is C9H4Cl3F3O. The van der Waals surface area contributed by atoms with Crippen LogP contribution in [0.3, 0.4) is 0 Å². The van der Waals surface area contributed by atoms with Gasteiger partial charge in [-0.2, -0.15) is 13.2 Å². The van der Waals surface area contributed by atoms with E-state index in [-0.39, 0.29) is 5.56 Å². The van der Waals surface area contributed by atoms with Crippen LogP contribution >= 0.6 is 34.8 Å². The molecule has 0 amide bonds. The fraction of sp³-hybridized carbons (Fsp3) is 0.222. The molecule has 0 saturated heterocycles. The van der Waals surface area contributed by atoms with Gasteiger partial charge in [-0.15, -0.1) is 11.6 Å². The van der Waals surface area contributed by atoms with Crippen molar-refractivity contribution in [2.75, 3.05) is 5.88 Å². The predicted molar refractivity (Wildman–Crippen MR) is 56.5 cm³/mol. The number of carbonyl (C=O) groups excluding carboxylic acids is 1. The Bertz CT molecular complexity index is 429. The molecule has 1 aromatic rings. The summed E-state index contributed by atoms with van der Waals surface area (Å²) in [6.45, 7) is 0. The van der Waals surface area contributed by atoms with Crippen molar-refractivity contribution in [1.82, 2.24) is 0 Å². The number of rotatable bonds is 2. The second-order valence-electron chi connectivity index (χ2n) is 2.84. The zero-order chi connectivity index (χ0) is 12.5. The van der Waals surface area contributed by atoms with Gasteiger partial charge in [0.1, 0.15) is 0 Å². The molecule has 0 aromatic heterocycles. The number of ketones is 1. The van der Waals surface area contributed by atoms with Gasteiger partial charge in [0.15, 0.2) is 5.78 Å². The van der Waals surface area contributed by atoms with E-state index in [1.54, 1.807) is 0 Å². The van der Waals surface area contributed by atoms with E-state index < -0.39 is 33.4 Å². The first-order valence-electron chi connectivity index (χ1n) is 3.93. The third kappa shape index (κ3) is 2.62. The van der Waals surface area contributed by atoms with Gasteiger partial charge in [-0.25, -0.2) is 0 Å². The lowest BCUT2D eigenvalue weighted by Crippen LogP contribution is -2.11. The molecule has 0 aliphatic heterocycles. The molecule has 1 aromatic carbocycles. The van der Waals surface area contributed by atoms with Crippen molar-refractivity contribution in [3.8, 4) is 0 Å². The van der Waals surface area contributed by atoms with Crippen LogP contribution in [-0.2, 0) is 6.18 Å². The van der Waals surface area contributed by atoms with E-state index in [1.807, 2.05) is 0 Å². The molecule has 0 fully saturated rings. The molecule has 0 N–H and O–H groups in total. The molecule has 0 radical (unpaired) electrons. The lowest BCUT2D eigenvalue weighted by Gasteiger charge is -2.13. The zero-order valence-corrected chi connectivity index (χ0v) is 9.81. The third-order valence-electron chi connectivity index (χ3n) is 1.80. The van der Waals surface area contributed by atoms with E-state index >= 15 is 0 Å². The van der Waals surface area contributed by atoms with Crippen LogP contribution in [0.25, 0.3) is 0 Å². The van der Waals surface area contributed by atoms with Gasteiger partial charge < -0.3 is 0 Å². The van der Waals surface area contributed by atoms with Gasteiger partial charge in [0, 0.05) is 5.56 Å². The minimum Gasteiger partial charge on any atom is -0.293 e. The molecule has 1 nitrogen and oxygen atoms in total. The van der Waals surface area contributed by atoms with Crippen molar-refractivity contribution in [2.45, 2.75) is 6.18 Å².